The number of methoxy groups -OCH3 is 1. The van der Waals surface area contributed by atoms with Gasteiger partial charge < -0.3 is 10.1 Å². The molecule has 0 bridgehead atoms. The van der Waals surface area contributed by atoms with Crippen molar-refractivity contribution in [3.63, 3.8) is 0 Å². The van der Waals surface area contributed by atoms with E-state index in [1.165, 1.54) is 13.2 Å². The molecule has 0 saturated heterocycles. The largest absolute Gasteiger partial charge is 0.496 e. The number of thioether (sulfide) groups is 1. The lowest BCUT2D eigenvalue weighted by Gasteiger charge is -2.11. The number of non-ortho nitro benzene ring substituents is 1. The molecule has 0 unspecified atom stereocenters. The molecule has 110 valence electrons. The summed E-state index contributed by atoms with van der Waals surface area (Å²) in [4.78, 5) is 11.6. The summed E-state index contributed by atoms with van der Waals surface area (Å²) in [7, 11) is 1.50. The van der Waals surface area contributed by atoms with Gasteiger partial charge in [-0.3, -0.25) is 10.1 Å². The molecular weight excluding hydrogens is 288 g/mol. The quantitative estimate of drug-likeness (QED) is 0.497. The van der Waals surface area contributed by atoms with E-state index in [4.69, 9.17) is 4.74 Å². The van der Waals surface area contributed by atoms with Crippen molar-refractivity contribution in [3.8, 4) is 5.75 Å². The lowest BCUT2D eigenvalue weighted by atomic mass is 10.2. The van der Waals surface area contributed by atoms with Crippen LogP contribution in [-0.2, 0) is 6.54 Å². The van der Waals surface area contributed by atoms with Crippen molar-refractivity contribution in [2.45, 2.75) is 11.4 Å². The summed E-state index contributed by atoms with van der Waals surface area (Å²) >= 11 is 1.65. The molecule has 2 aromatic rings. The molecule has 0 fully saturated rings. The van der Waals surface area contributed by atoms with Crippen molar-refractivity contribution in [2.24, 2.45) is 0 Å². The number of anilines is 1. The molecular formula is C15H16N2O3S. The SMILES string of the molecule is COc1cc(CNc2ccccc2SC)cc([N+](=O)[O-])c1. The molecule has 2 aromatic carbocycles. The van der Waals surface area contributed by atoms with Crippen molar-refractivity contribution in [1.82, 2.24) is 0 Å². The zero-order valence-electron chi connectivity index (χ0n) is 11.8. The van der Waals surface area contributed by atoms with Crippen LogP contribution in [0.1, 0.15) is 5.56 Å². The van der Waals surface area contributed by atoms with E-state index in [1.54, 1.807) is 23.9 Å². The van der Waals surface area contributed by atoms with Crippen LogP contribution in [0.2, 0.25) is 0 Å². The summed E-state index contributed by atoms with van der Waals surface area (Å²) in [6, 6.07) is 12.7. The Balaban J connectivity index is 2.19. The third kappa shape index (κ3) is 3.88. The third-order valence-corrected chi connectivity index (χ3v) is 3.78. The number of nitro benzene ring substituents is 1. The van der Waals surface area contributed by atoms with Gasteiger partial charge in [-0.15, -0.1) is 11.8 Å². The number of rotatable bonds is 6. The maximum absolute atomic E-state index is 10.9. The number of nitrogens with zero attached hydrogens (tertiary/aromatic N) is 1. The molecule has 1 N–H and O–H groups in total. The van der Waals surface area contributed by atoms with E-state index in [2.05, 4.69) is 5.32 Å². The molecule has 0 aliphatic carbocycles. The molecule has 0 atom stereocenters. The zero-order chi connectivity index (χ0) is 15.2. The van der Waals surface area contributed by atoms with Crippen LogP contribution in [0.5, 0.6) is 5.75 Å². The first-order valence-electron chi connectivity index (χ1n) is 6.33. The maximum Gasteiger partial charge on any atom is 0.273 e. The van der Waals surface area contributed by atoms with E-state index in [0.29, 0.717) is 12.3 Å². The summed E-state index contributed by atoms with van der Waals surface area (Å²) in [5, 5.41) is 14.2. The second-order valence-corrected chi connectivity index (χ2v) is 5.20. The lowest BCUT2D eigenvalue weighted by Crippen LogP contribution is -2.02. The number of nitro groups is 1. The number of ether oxygens (including phenoxy) is 1. The Bertz CT molecular complexity index is 647. The van der Waals surface area contributed by atoms with Crippen molar-refractivity contribution in [3.05, 3.63) is 58.1 Å². The van der Waals surface area contributed by atoms with Crippen LogP contribution in [-0.4, -0.2) is 18.3 Å². The van der Waals surface area contributed by atoms with Gasteiger partial charge in [0.05, 0.1) is 18.1 Å². The van der Waals surface area contributed by atoms with Crippen LogP contribution >= 0.6 is 11.8 Å². The second kappa shape index (κ2) is 6.99. The third-order valence-electron chi connectivity index (χ3n) is 2.99. The molecule has 0 aromatic heterocycles. The summed E-state index contributed by atoms with van der Waals surface area (Å²) in [6.45, 7) is 0.496. The van der Waals surface area contributed by atoms with Gasteiger partial charge in [-0.2, -0.15) is 0 Å². The predicted octanol–water partition coefficient (Wildman–Crippen LogP) is 3.94. The number of nitrogens with one attached hydrogen (secondary N) is 1. The minimum absolute atomic E-state index is 0.0318. The highest BCUT2D eigenvalue weighted by molar-refractivity contribution is 7.98. The van der Waals surface area contributed by atoms with E-state index in [9.17, 15) is 10.1 Å². The summed E-state index contributed by atoms with van der Waals surface area (Å²) in [5.41, 5.74) is 1.84. The molecule has 0 aliphatic heterocycles. The van der Waals surface area contributed by atoms with Gasteiger partial charge in [0.2, 0.25) is 0 Å². The maximum atomic E-state index is 10.9. The number of benzene rings is 2. The minimum Gasteiger partial charge on any atom is -0.496 e. The number of para-hydroxylation sites is 1. The van der Waals surface area contributed by atoms with Gasteiger partial charge in [0.15, 0.2) is 0 Å². The molecule has 0 heterocycles. The Hall–Kier alpha value is -2.21. The number of hydrogen-bond acceptors (Lipinski definition) is 5. The molecule has 21 heavy (non-hydrogen) atoms. The van der Waals surface area contributed by atoms with E-state index >= 15 is 0 Å². The van der Waals surface area contributed by atoms with Gasteiger partial charge >= 0.3 is 0 Å². The normalized spacial score (nSPS) is 10.2. The molecule has 6 heteroatoms. The second-order valence-electron chi connectivity index (χ2n) is 4.35. The monoisotopic (exact) mass is 304 g/mol. The topological polar surface area (TPSA) is 64.4 Å². The van der Waals surface area contributed by atoms with E-state index < -0.39 is 4.92 Å². The molecule has 2 rings (SSSR count). The molecule has 0 saturated carbocycles. The average molecular weight is 304 g/mol. The van der Waals surface area contributed by atoms with E-state index in [-0.39, 0.29) is 5.69 Å². The van der Waals surface area contributed by atoms with Gasteiger partial charge in [-0.1, -0.05) is 12.1 Å². The van der Waals surface area contributed by atoms with E-state index in [1.807, 2.05) is 30.5 Å². The van der Waals surface area contributed by atoms with Crippen molar-refractivity contribution in [1.29, 1.82) is 0 Å². The minimum atomic E-state index is -0.415. The predicted molar refractivity (Wildman–Crippen MR) is 85.2 cm³/mol. The van der Waals surface area contributed by atoms with Crippen molar-refractivity contribution in [2.75, 3.05) is 18.7 Å². The summed E-state index contributed by atoms with van der Waals surface area (Å²) in [5.74, 6) is 0.485. The molecule has 0 spiro atoms. The van der Waals surface area contributed by atoms with Crippen LogP contribution in [0.3, 0.4) is 0 Å². The highest BCUT2D eigenvalue weighted by Gasteiger charge is 2.10. The smallest absolute Gasteiger partial charge is 0.273 e. The first-order valence-corrected chi connectivity index (χ1v) is 7.55. The van der Waals surface area contributed by atoms with Crippen LogP contribution < -0.4 is 10.1 Å². The first kappa shape index (κ1) is 15.2. The van der Waals surface area contributed by atoms with Crippen LogP contribution in [0, 0.1) is 10.1 Å². The zero-order valence-corrected chi connectivity index (χ0v) is 12.6. The highest BCUT2D eigenvalue weighted by atomic mass is 32.2. The Kier molecular flexibility index (Phi) is 5.05. The van der Waals surface area contributed by atoms with Crippen molar-refractivity contribution >= 4 is 23.1 Å². The summed E-state index contributed by atoms with van der Waals surface area (Å²) < 4.78 is 5.11. The average Bonchev–Trinajstić information content (AvgIpc) is 2.52. The van der Waals surface area contributed by atoms with E-state index in [0.717, 1.165) is 16.1 Å². The Morgan fingerprint density at radius 1 is 1.29 bits per heavy atom. The Morgan fingerprint density at radius 2 is 2.05 bits per heavy atom. The van der Waals surface area contributed by atoms with Gasteiger partial charge in [0, 0.05) is 23.2 Å². The molecule has 0 radical (unpaired) electrons. The Morgan fingerprint density at radius 3 is 2.71 bits per heavy atom. The lowest BCUT2D eigenvalue weighted by molar-refractivity contribution is -0.385. The fourth-order valence-corrected chi connectivity index (χ4v) is 2.53. The highest BCUT2D eigenvalue weighted by Crippen LogP contribution is 2.27. The fourth-order valence-electron chi connectivity index (χ4n) is 1.96. The molecule has 0 aliphatic rings. The first-order chi connectivity index (χ1) is 10.1. The van der Waals surface area contributed by atoms with Gasteiger partial charge in [0.25, 0.3) is 5.69 Å². The molecule has 0 amide bonds. The fraction of sp³-hybridized carbons (Fsp3) is 0.200. The van der Waals surface area contributed by atoms with Gasteiger partial charge in [-0.05, 0) is 30.0 Å². The van der Waals surface area contributed by atoms with Gasteiger partial charge in [-0.25, -0.2) is 0 Å². The Labute approximate surface area is 127 Å². The van der Waals surface area contributed by atoms with Crippen molar-refractivity contribution < 1.29 is 9.66 Å². The van der Waals surface area contributed by atoms with Crippen LogP contribution in [0.4, 0.5) is 11.4 Å². The van der Waals surface area contributed by atoms with Crippen LogP contribution in [0.25, 0.3) is 0 Å². The van der Waals surface area contributed by atoms with Crippen LogP contribution in [0.15, 0.2) is 47.4 Å². The van der Waals surface area contributed by atoms with Gasteiger partial charge in [0.1, 0.15) is 5.75 Å². The molecule has 5 nitrogen and oxygen atoms in total. The number of hydrogen-bond donors (Lipinski definition) is 1. The summed E-state index contributed by atoms with van der Waals surface area (Å²) in [6.07, 6.45) is 2.01. The standard InChI is InChI=1S/C15H16N2O3S/c1-20-13-8-11(7-12(9-13)17(18)19)10-16-14-5-3-4-6-15(14)21-2/h3-9,16H,10H2,1-2H3.